The van der Waals surface area contributed by atoms with E-state index in [0.29, 0.717) is 0 Å². The van der Waals surface area contributed by atoms with Crippen LogP contribution in [0.5, 0.6) is 0 Å². The molecule has 2 aromatic rings. The minimum Gasteiger partial charge on any atom is -0.268 e. The highest BCUT2D eigenvalue weighted by Gasteiger charge is 2.04. The first kappa shape index (κ1) is 15.8. The monoisotopic (exact) mass is 294 g/mol. The quantitative estimate of drug-likeness (QED) is 0.616. The molecule has 0 aromatic heterocycles. The van der Waals surface area contributed by atoms with Crippen molar-refractivity contribution in [3.05, 3.63) is 60.7 Å². The maximum Gasteiger partial charge on any atom is 0.0808 e. The van der Waals surface area contributed by atoms with Crippen LogP contribution in [0.4, 0.5) is 11.4 Å². The van der Waals surface area contributed by atoms with Crippen molar-refractivity contribution < 1.29 is 0 Å². The molecule has 0 aliphatic carbocycles. The van der Waals surface area contributed by atoms with Crippen LogP contribution < -0.4 is 10.0 Å². The van der Waals surface area contributed by atoms with Crippen LogP contribution in [0.2, 0.25) is 0 Å². The smallest absolute Gasteiger partial charge is 0.0808 e. The second-order valence-electron chi connectivity index (χ2n) is 5.09. The fraction of sp³-hybridized carbons (Fsp3) is 0.222. The summed E-state index contributed by atoms with van der Waals surface area (Å²) >= 11 is 0. The number of para-hydroxylation sites is 2. The molecule has 0 saturated heterocycles. The van der Waals surface area contributed by atoms with Crippen LogP contribution in [0, 0.1) is 0 Å². The molecule has 0 N–H and O–H groups in total. The van der Waals surface area contributed by atoms with Gasteiger partial charge < -0.3 is 0 Å². The molecule has 2 rings (SSSR count). The van der Waals surface area contributed by atoms with Crippen LogP contribution in [0.15, 0.2) is 70.9 Å². The minimum atomic E-state index is 0.883. The molecule has 0 saturated carbocycles. The van der Waals surface area contributed by atoms with E-state index in [0.717, 1.165) is 22.8 Å². The molecule has 114 valence electrons. The van der Waals surface area contributed by atoms with E-state index in [2.05, 4.69) is 10.2 Å². The van der Waals surface area contributed by atoms with Crippen molar-refractivity contribution in [2.75, 3.05) is 24.1 Å². The lowest BCUT2D eigenvalue weighted by Gasteiger charge is -2.16. The molecule has 0 radical (unpaired) electrons. The third-order valence-electron chi connectivity index (χ3n) is 3.38. The Bertz CT molecular complexity index is 588. The summed E-state index contributed by atoms with van der Waals surface area (Å²) in [6.07, 6.45) is 0. The lowest BCUT2D eigenvalue weighted by Crippen LogP contribution is -2.19. The SMILES string of the molecule is CC(=NN(C)c1ccccc1)/C(C)=N\N(C)c1ccccc1. The minimum absolute atomic E-state index is 0.883. The van der Waals surface area contributed by atoms with Gasteiger partial charge in [0.1, 0.15) is 0 Å². The standard InChI is InChI=1S/C18H22N4/c1-15(19-21(3)17-11-7-5-8-12-17)16(2)20-22(4)18-13-9-6-10-14-18/h5-14H,1-4H3/b19-15-,20-16?. The first-order valence-electron chi connectivity index (χ1n) is 7.26. The predicted molar refractivity (Wildman–Crippen MR) is 95.9 cm³/mol. The van der Waals surface area contributed by atoms with Gasteiger partial charge in [0.25, 0.3) is 0 Å². The van der Waals surface area contributed by atoms with Crippen molar-refractivity contribution in [3.63, 3.8) is 0 Å². The summed E-state index contributed by atoms with van der Waals surface area (Å²) in [5.41, 5.74) is 3.86. The second-order valence-corrected chi connectivity index (χ2v) is 5.09. The van der Waals surface area contributed by atoms with Crippen molar-refractivity contribution in [3.8, 4) is 0 Å². The summed E-state index contributed by atoms with van der Waals surface area (Å²) in [6.45, 7) is 3.94. The molecule has 22 heavy (non-hydrogen) atoms. The highest BCUT2D eigenvalue weighted by molar-refractivity contribution is 6.40. The van der Waals surface area contributed by atoms with Gasteiger partial charge in [0, 0.05) is 14.1 Å². The van der Waals surface area contributed by atoms with E-state index in [1.54, 1.807) is 0 Å². The number of nitrogens with zero attached hydrogens (tertiary/aromatic N) is 4. The number of rotatable bonds is 5. The number of anilines is 2. The van der Waals surface area contributed by atoms with Gasteiger partial charge in [0.05, 0.1) is 22.8 Å². The topological polar surface area (TPSA) is 31.2 Å². The van der Waals surface area contributed by atoms with E-state index < -0.39 is 0 Å². The van der Waals surface area contributed by atoms with Crippen molar-refractivity contribution in [2.24, 2.45) is 10.2 Å². The Kier molecular flexibility index (Phi) is 5.31. The van der Waals surface area contributed by atoms with Gasteiger partial charge in [-0.15, -0.1) is 0 Å². The fourth-order valence-corrected chi connectivity index (χ4v) is 2.00. The van der Waals surface area contributed by atoms with Crippen LogP contribution >= 0.6 is 0 Å². The number of hydrogen-bond donors (Lipinski definition) is 0. The predicted octanol–water partition coefficient (Wildman–Crippen LogP) is 4.01. The molecule has 0 aliphatic heterocycles. The molecule has 4 nitrogen and oxygen atoms in total. The molecule has 4 heteroatoms. The Labute approximate surface area is 132 Å². The lowest BCUT2D eigenvalue weighted by molar-refractivity contribution is 1.00. The van der Waals surface area contributed by atoms with Crippen molar-refractivity contribution in [2.45, 2.75) is 13.8 Å². The summed E-state index contributed by atoms with van der Waals surface area (Å²) in [5, 5.41) is 12.9. The molecule has 0 fully saturated rings. The molecular weight excluding hydrogens is 272 g/mol. The molecular formula is C18H22N4. The lowest BCUT2D eigenvalue weighted by atomic mass is 10.3. The van der Waals surface area contributed by atoms with Crippen molar-refractivity contribution >= 4 is 22.8 Å². The summed E-state index contributed by atoms with van der Waals surface area (Å²) in [7, 11) is 3.88. The highest BCUT2D eigenvalue weighted by Crippen LogP contribution is 2.13. The number of hydrazone groups is 2. The highest BCUT2D eigenvalue weighted by atomic mass is 15.5. The maximum atomic E-state index is 4.59. The molecule has 0 atom stereocenters. The first-order valence-corrected chi connectivity index (χ1v) is 7.26. The Hall–Kier alpha value is -2.62. The van der Waals surface area contributed by atoms with E-state index in [1.807, 2.05) is 98.6 Å². The first-order chi connectivity index (χ1) is 10.6. The molecule has 0 unspecified atom stereocenters. The van der Waals surface area contributed by atoms with Gasteiger partial charge in [-0.25, -0.2) is 0 Å². The van der Waals surface area contributed by atoms with E-state index >= 15 is 0 Å². The average molecular weight is 294 g/mol. The Morgan fingerprint density at radius 1 is 0.636 bits per heavy atom. The van der Waals surface area contributed by atoms with Gasteiger partial charge in [0.2, 0.25) is 0 Å². The third kappa shape index (κ3) is 4.19. The van der Waals surface area contributed by atoms with Gasteiger partial charge in [0.15, 0.2) is 0 Å². The van der Waals surface area contributed by atoms with Gasteiger partial charge in [-0.05, 0) is 38.1 Å². The normalized spacial score (nSPS) is 12.2. The molecule has 2 aromatic carbocycles. The molecule has 0 spiro atoms. The largest absolute Gasteiger partial charge is 0.268 e. The van der Waals surface area contributed by atoms with Crippen molar-refractivity contribution in [1.82, 2.24) is 0 Å². The molecule has 0 aliphatic rings. The fourth-order valence-electron chi connectivity index (χ4n) is 2.00. The Morgan fingerprint density at radius 2 is 0.955 bits per heavy atom. The Balaban J connectivity index is 2.12. The zero-order valence-corrected chi connectivity index (χ0v) is 13.6. The van der Waals surface area contributed by atoms with Crippen LogP contribution in [0.1, 0.15) is 13.8 Å². The molecule has 0 heterocycles. The molecule has 0 bridgehead atoms. The second kappa shape index (κ2) is 7.41. The van der Waals surface area contributed by atoms with Gasteiger partial charge in [-0.3, -0.25) is 10.0 Å². The van der Waals surface area contributed by atoms with E-state index in [1.165, 1.54) is 0 Å². The average Bonchev–Trinajstić information content (AvgIpc) is 2.56. The maximum absolute atomic E-state index is 4.59. The number of hydrogen-bond acceptors (Lipinski definition) is 4. The summed E-state index contributed by atoms with van der Waals surface area (Å²) in [4.78, 5) is 0. The summed E-state index contributed by atoms with van der Waals surface area (Å²) in [6, 6.07) is 20.1. The van der Waals surface area contributed by atoms with Crippen LogP contribution in [-0.2, 0) is 0 Å². The van der Waals surface area contributed by atoms with Crippen LogP contribution in [0.25, 0.3) is 0 Å². The zero-order chi connectivity index (χ0) is 15.9. The zero-order valence-electron chi connectivity index (χ0n) is 13.6. The van der Waals surface area contributed by atoms with Crippen molar-refractivity contribution in [1.29, 1.82) is 0 Å². The Morgan fingerprint density at radius 3 is 1.27 bits per heavy atom. The van der Waals surface area contributed by atoms with E-state index in [9.17, 15) is 0 Å². The summed E-state index contributed by atoms with van der Waals surface area (Å²) in [5.74, 6) is 0. The van der Waals surface area contributed by atoms with E-state index in [-0.39, 0.29) is 0 Å². The third-order valence-corrected chi connectivity index (χ3v) is 3.38. The van der Waals surface area contributed by atoms with Gasteiger partial charge in [-0.1, -0.05) is 36.4 Å². The van der Waals surface area contributed by atoms with Crippen LogP contribution in [0.3, 0.4) is 0 Å². The summed E-state index contributed by atoms with van der Waals surface area (Å²) < 4.78 is 0. The van der Waals surface area contributed by atoms with Gasteiger partial charge in [-0.2, -0.15) is 10.2 Å². The van der Waals surface area contributed by atoms with E-state index in [4.69, 9.17) is 0 Å². The van der Waals surface area contributed by atoms with Crippen LogP contribution in [-0.4, -0.2) is 25.5 Å². The van der Waals surface area contributed by atoms with Gasteiger partial charge >= 0.3 is 0 Å². The number of benzene rings is 2. The molecule has 0 amide bonds.